The quantitative estimate of drug-likeness (QED) is 0.308. The molecular formula is C30H23N3O4. The number of imide groups is 1. The summed E-state index contributed by atoms with van der Waals surface area (Å²) < 4.78 is 0. The van der Waals surface area contributed by atoms with Gasteiger partial charge >= 0.3 is 5.97 Å². The van der Waals surface area contributed by atoms with E-state index in [1.54, 1.807) is 30.3 Å². The average Bonchev–Trinajstić information content (AvgIpc) is 3.33. The fourth-order valence-electron chi connectivity index (χ4n) is 4.86. The number of hydrogen-bond donors (Lipinski definition) is 1. The molecule has 2 aliphatic heterocycles. The van der Waals surface area contributed by atoms with Gasteiger partial charge in [-0.05, 0) is 72.5 Å². The van der Waals surface area contributed by atoms with Gasteiger partial charge in [0.25, 0.3) is 17.5 Å². The third-order valence-electron chi connectivity index (χ3n) is 6.68. The first-order valence-electron chi connectivity index (χ1n) is 11.9. The molecule has 0 unspecified atom stereocenters. The number of hydrogen-bond acceptors (Lipinski definition) is 4. The van der Waals surface area contributed by atoms with Crippen LogP contribution in [-0.2, 0) is 16.0 Å². The van der Waals surface area contributed by atoms with E-state index in [1.807, 2.05) is 24.3 Å². The van der Waals surface area contributed by atoms with Gasteiger partial charge in [-0.3, -0.25) is 14.5 Å². The fourth-order valence-corrected chi connectivity index (χ4v) is 4.86. The number of amides is 2. The van der Waals surface area contributed by atoms with E-state index in [-0.39, 0.29) is 22.5 Å². The third kappa shape index (κ3) is 4.19. The van der Waals surface area contributed by atoms with E-state index < -0.39 is 17.8 Å². The lowest BCUT2D eigenvalue weighted by Crippen LogP contribution is -2.42. The number of carboxylic acid groups (broad SMARTS) is 1. The van der Waals surface area contributed by atoms with Crippen LogP contribution in [0.1, 0.15) is 34.0 Å². The average molecular weight is 490 g/mol. The second-order valence-corrected chi connectivity index (χ2v) is 8.78. The molecule has 37 heavy (non-hydrogen) atoms. The summed E-state index contributed by atoms with van der Waals surface area (Å²) in [6.45, 7) is 11.8. The van der Waals surface area contributed by atoms with Crippen molar-refractivity contribution < 1.29 is 19.5 Å². The number of rotatable bonds is 5. The van der Waals surface area contributed by atoms with Gasteiger partial charge in [-0.1, -0.05) is 36.4 Å². The summed E-state index contributed by atoms with van der Waals surface area (Å²) in [6.07, 6.45) is 2.64. The monoisotopic (exact) mass is 489 g/mol. The zero-order valence-corrected chi connectivity index (χ0v) is 20.1. The summed E-state index contributed by atoms with van der Waals surface area (Å²) >= 11 is 0. The summed E-state index contributed by atoms with van der Waals surface area (Å²) in [5, 5.41) is 9.23. The first kappa shape index (κ1) is 23.8. The van der Waals surface area contributed by atoms with Gasteiger partial charge < -0.3 is 10.0 Å². The molecule has 0 aliphatic carbocycles. The maximum atomic E-state index is 13.9. The SMILES string of the molecule is [C-]#[N+]C1=C(c2ccccc2)/C(=C/c2ccc3c(c2)CCN3CC)C(=O)N(c2ccc(C(=O)O)cc2)C1=O. The molecule has 0 saturated carbocycles. The van der Waals surface area contributed by atoms with Gasteiger partial charge in [0.05, 0.1) is 17.8 Å². The summed E-state index contributed by atoms with van der Waals surface area (Å²) in [6, 6.07) is 20.5. The molecule has 0 radical (unpaired) electrons. The van der Waals surface area contributed by atoms with Crippen molar-refractivity contribution in [3.8, 4) is 0 Å². The molecule has 0 aromatic heterocycles. The molecule has 182 valence electrons. The second kappa shape index (κ2) is 9.59. The Morgan fingerprint density at radius 3 is 2.41 bits per heavy atom. The number of carbonyl (C=O) groups excluding carboxylic acids is 2. The van der Waals surface area contributed by atoms with Crippen molar-refractivity contribution in [1.82, 2.24) is 0 Å². The Morgan fingerprint density at radius 1 is 1.03 bits per heavy atom. The third-order valence-corrected chi connectivity index (χ3v) is 6.68. The van der Waals surface area contributed by atoms with E-state index in [0.717, 1.165) is 30.0 Å². The van der Waals surface area contributed by atoms with Crippen molar-refractivity contribution in [2.24, 2.45) is 0 Å². The van der Waals surface area contributed by atoms with Crippen LogP contribution in [0, 0.1) is 6.57 Å². The first-order chi connectivity index (χ1) is 17.9. The molecule has 2 aliphatic rings. The molecule has 2 heterocycles. The number of carboxylic acids is 1. The number of benzene rings is 3. The van der Waals surface area contributed by atoms with Crippen molar-refractivity contribution in [2.45, 2.75) is 13.3 Å². The number of likely N-dealkylation sites (N-methyl/N-ethyl adjacent to an activating group) is 1. The van der Waals surface area contributed by atoms with E-state index in [4.69, 9.17) is 6.57 Å². The molecule has 5 rings (SSSR count). The normalized spacial score (nSPS) is 16.3. The molecule has 0 saturated heterocycles. The summed E-state index contributed by atoms with van der Waals surface area (Å²) in [5.74, 6) is -2.43. The Hall–Kier alpha value is -4.96. The van der Waals surface area contributed by atoms with E-state index >= 15 is 0 Å². The Labute approximate surface area is 214 Å². The van der Waals surface area contributed by atoms with E-state index in [9.17, 15) is 19.5 Å². The number of nitrogens with zero attached hydrogens (tertiary/aromatic N) is 3. The van der Waals surface area contributed by atoms with Crippen LogP contribution in [0.25, 0.3) is 16.5 Å². The fraction of sp³-hybridized carbons (Fsp3) is 0.133. The maximum Gasteiger partial charge on any atom is 0.335 e. The zero-order valence-electron chi connectivity index (χ0n) is 20.1. The Balaban J connectivity index is 1.68. The van der Waals surface area contributed by atoms with Crippen molar-refractivity contribution >= 4 is 40.8 Å². The van der Waals surface area contributed by atoms with Crippen molar-refractivity contribution in [3.63, 3.8) is 0 Å². The van der Waals surface area contributed by atoms with Gasteiger partial charge in [0, 0.05) is 29.9 Å². The van der Waals surface area contributed by atoms with Gasteiger partial charge in [-0.2, -0.15) is 0 Å². The lowest BCUT2D eigenvalue weighted by atomic mass is 9.89. The number of carbonyl (C=O) groups is 3. The summed E-state index contributed by atoms with van der Waals surface area (Å²) in [4.78, 5) is 45.5. The highest BCUT2D eigenvalue weighted by Crippen LogP contribution is 2.38. The molecule has 3 aromatic carbocycles. The minimum absolute atomic E-state index is 0.0293. The van der Waals surface area contributed by atoms with E-state index in [2.05, 4.69) is 16.7 Å². The van der Waals surface area contributed by atoms with Crippen LogP contribution in [0.3, 0.4) is 0 Å². The molecular weight excluding hydrogens is 466 g/mol. The topological polar surface area (TPSA) is 82.3 Å². The number of fused-ring (bicyclic) bond motifs is 1. The van der Waals surface area contributed by atoms with Crippen LogP contribution in [-0.4, -0.2) is 36.0 Å². The van der Waals surface area contributed by atoms with Crippen LogP contribution < -0.4 is 9.80 Å². The highest BCUT2D eigenvalue weighted by atomic mass is 16.4. The van der Waals surface area contributed by atoms with E-state index in [1.165, 1.54) is 35.5 Å². The Bertz CT molecular complexity index is 1530. The molecule has 3 aromatic rings. The number of aromatic carboxylic acids is 1. The van der Waals surface area contributed by atoms with Crippen molar-refractivity contribution in [1.29, 1.82) is 0 Å². The van der Waals surface area contributed by atoms with Gasteiger partial charge in [0.15, 0.2) is 0 Å². The summed E-state index contributed by atoms with van der Waals surface area (Å²) in [7, 11) is 0. The Morgan fingerprint density at radius 2 is 1.76 bits per heavy atom. The minimum Gasteiger partial charge on any atom is -0.478 e. The highest BCUT2D eigenvalue weighted by Gasteiger charge is 2.39. The van der Waals surface area contributed by atoms with Crippen molar-refractivity contribution in [3.05, 3.63) is 118 Å². The predicted molar refractivity (Wildman–Crippen MR) is 142 cm³/mol. The lowest BCUT2D eigenvalue weighted by Gasteiger charge is -2.29. The molecule has 7 heteroatoms. The largest absolute Gasteiger partial charge is 0.478 e. The smallest absolute Gasteiger partial charge is 0.335 e. The van der Waals surface area contributed by atoms with Crippen LogP contribution >= 0.6 is 0 Å². The van der Waals surface area contributed by atoms with Crippen LogP contribution in [0.2, 0.25) is 0 Å². The minimum atomic E-state index is -1.12. The first-order valence-corrected chi connectivity index (χ1v) is 11.9. The second-order valence-electron chi connectivity index (χ2n) is 8.78. The molecule has 1 N–H and O–H groups in total. The highest BCUT2D eigenvalue weighted by molar-refractivity contribution is 6.37. The zero-order chi connectivity index (χ0) is 26.1. The van der Waals surface area contributed by atoms with Crippen LogP contribution in [0.5, 0.6) is 0 Å². The van der Waals surface area contributed by atoms with E-state index in [0.29, 0.717) is 11.1 Å². The molecule has 0 fully saturated rings. The van der Waals surface area contributed by atoms with Crippen LogP contribution in [0.15, 0.2) is 84.1 Å². The van der Waals surface area contributed by atoms with Gasteiger partial charge in [-0.15, -0.1) is 0 Å². The van der Waals surface area contributed by atoms with Crippen molar-refractivity contribution in [2.75, 3.05) is 22.9 Å². The molecule has 0 bridgehead atoms. The molecule has 7 nitrogen and oxygen atoms in total. The van der Waals surface area contributed by atoms with Gasteiger partial charge in [0.1, 0.15) is 0 Å². The number of anilines is 2. The summed E-state index contributed by atoms with van der Waals surface area (Å²) in [5.41, 5.74) is 4.34. The lowest BCUT2D eigenvalue weighted by molar-refractivity contribution is -0.122. The van der Waals surface area contributed by atoms with Crippen LogP contribution in [0.4, 0.5) is 11.4 Å². The molecule has 0 atom stereocenters. The molecule has 0 spiro atoms. The standard InChI is InChI=1S/C30H23N3O4/c1-3-32-16-15-22-17-19(9-14-25(22)32)18-24-26(20-7-5-4-6-8-20)27(31-2)29(35)33(28(24)34)23-12-10-21(11-13-23)30(36)37/h4-14,17-18H,3,15-16H2,1H3,(H,36,37)/b24-18-. The van der Waals surface area contributed by atoms with Gasteiger partial charge in [0.2, 0.25) is 0 Å². The maximum absolute atomic E-state index is 13.9. The molecule has 2 amide bonds. The predicted octanol–water partition coefficient (Wildman–Crippen LogP) is 5.05. The Kier molecular flexibility index (Phi) is 6.16. The van der Waals surface area contributed by atoms with Gasteiger partial charge in [-0.25, -0.2) is 9.64 Å².